The third kappa shape index (κ3) is 2.72. The Hall–Kier alpha value is -1.35. The molecule has 0 spiro atoms. The predicted octanol–water partition coefficient (Wildman–Crippen LogP) is 2.32. The van der Waals surface area contributed by atoms with Crippen molar-refractivity contribution in [3.8, 4) is 5.75 Å². The summed E-state index contributed by atoms with van der Waals surface area (Å²) in [4.78, 5) is 13.8. The number of para-hydroxylation sites is 1. The highest BCUT2D eigenvalue weighted by Crippen LogP contribution is 2.34. The van der Waals surface area contributed by atoms with E-state index in [-0.39, 0.29) is 5.92 Å². The first-order valence-corrected chi connectivity index (χ1v) is 6.53. The summed E-state index contributed by atoms with van der Waals surface area (Å²) in [5.74, 6) is 1.17. The number of hydrogen-bond donors (Lipinski definition) is 0. The van der Waals surface area contributed by atoms with Crippen molar-refractivity contribution in [1.29, 1.82) is 0 Å². The molecule has 98 valence electrons. The molecule has 0 radical (unpaired) electrons. The number of rotatable bonds is 4. The Morgan fingerprint density at radius 2 is 2.22 bits per heavy atom. The molecule has 1 aromatic rings. The van der Waals surface area contributed by atoms with Gasteiger partial charge in [0.15, 0.2) is 0 Å². The maximum absolute atomic E-state index is 11.5. The van der Waals surface area contributed by atoms with Crippen LogP contribution in [-0.2, 0) is 4.79 Å². The molecule has 1 aliphatic rings. The molecular weight excluding hydrogens is 226 g/mol. The second kappa shape index (κ2) is 6.01. The molecule has 2 rings (SSSR count). The van der Waals surface area contributed by atoms with Crippen molar-refractivity contribution in [3.05, 3.63) is 29.8 Å². The summed E-state index contributed by atoms with van der Waals surface area (Å²) in [5, 5.41) is 0. The number of nitrogens with zero attached hydrogens (tertiary/aromatic N) is 1. The number of hydrogen-bond acceptors (Lipinski definition) is 3. The number of carbonyl (C=O) groups excluding carboxylic acids is 1. The Balaban J connectivity index is 2.24. The monoisotopic (exact) mass is 247 g/mol. The zero-order valence-corrected chi connectivity index (χ0v) is 11.1. The summed E-state index contributed by atoms with van der Waals surface area (Å²) in [6.45, 7) is 2.12. The van der Waals surface area contributed by atoms with Gasteiger partial charge in [0, 0.05) is 18.0 Å². The van der Waals surface area contributed by atoms with E-state index in [0.29, 0.717) is 5.92 Å². The molecule has 0 amide bonds. The Morgan fingerprint density at radius 1 is 1.44 bits per heavy atom. The minimum atomic E-state index is -0.0519. The van der Waals surface area contributed by atoms with Crippen LogP contribution < -0.4 is 4.74 Å². The van der Waals surface area contributed by atoms with Crippen molar-refractivity contribution in [3.63, 3.8) is 0 Å². The lowest BCUT2D eigenvalue weighted by molar-refractivity contribution is -0.110. The molecule has 18 heavy (non-hydrogen) atoms. The first-order valence-electron chi connectivity index (χ1n) is 6.53. The summed E-state index contributed by atoms with van der Waals surface area (Å²) < 4.78 is 5.37. The molecule has 2 atom stereocenters. The van der Waals surface area contributed by atoms with Gasteiger partial charge in [0.25, 0.3) is 0 Å². The van der Waals surface area contributed by atoms with Gasteiger partial charge in [-0.1, -0.05) is 18.2 Å². The van der Waals surface area contributed by atoms with Gasteiger partial charge >= 0.3 is 0 Å². The van der Waals surface area contributed by atoms with Gasteiger partial charge in [-0.2, -0.15) is 0 Å². The normalized spacial score (nSPS) is 22.4. The van der Waals surface area contributed by atoms with Crippen molar-refractivity contribution < 1.29 is 9.53 Å². The molecule has 0 N–H and O–H groups in total. The minimum absolute atomic E-state index is 0.0519. The van der Waals surface area contributed by atoms with Crippen LogP contribution in [0.4, 0.5) is 0 Å². The van der Waals surface area contributed by atoms with E-state index in [4.69, 9.17) is 4.74 Å². The second-order valence-corrected chi connectivity index (χ2v) is 5.07. The van der Waals surface area contributed by atoms with Crippen molar-refractivity contribution in [2.75, 3.05) is 27.2 Å². The molecule has 1 aliphatic heterocycles. The summed E-state index contributed by atoms with van der Waals surface area (Å²) >= 11 is 0. The fourth-order valence-electron chi connectivity index (χ4n) is 2.88. The Labute approximate surface area is 109 Å². The number of aldehydes is 1. The predicted molar refractivity (Wildman–Crippen MR) is 72.0 cm³/mol. The van der Waals surface area contributed by atoms with E-state index in [9.17, 15) is 4.79 Å². The highest BCUT2D eigenvalue weighted by molar-refractivity contribution is 5.65. The van der Waals surface area contributed by atoms with E-state index in [1.54, 1.807) is 7.11 Å². The Kier molecular flexibility index (Phi) is 4.37. The fourth-order valence-corrected chi connectivity index (χ4v) is 2.88. The van der Waals surface area contributed by atoms with Crippen molar-refractivity contribution in [2.45, 2.75) is 18.8 Å². The number of likely N-dealkylation sites (tertiary alicyclic amines) is 1. The molecule has 0 aromatic heterocycles. The van der Waals surface area contributed by atoms with E-state index in [2.05, 4.69) is 11.9 Å². The zero-order valence-electron chi connectivity index (χ0n) is 11.1. The summed E-state index contributed by atoms with van der Waals surface area (Å²) in [5.41, 5.74) is 1.02. The smallest absolute Gasteiger partial charge is 0.127 e. The summed E-state index contributed by atoms with van der Waals surface area (Å²) in [6.07, 6.45) is 3.37. The lowest BCUT2D eigenvalue weighted by Gasteiger charge is -2.33. The molecule has 0 bridgehead atoms. The molecule has 0 saturated carbocycles. The highest BCUT2D eigenvalue weighted by atomic mass is 16.5. The molecule has 1 aromatic carbocycles. The Bertz CT molecular complexity index is 405. The Morgan fingerprint density at radius 3 is 2.89 bits per heavy atom. The highest BCUT2D eigenvalue weighted by Gasteiger charge is 2.28. The van der Waals surface area contributed by atoms with E-state index < -0.39 is 0 Å². The van der Waals surface area contributed by atoms with Gasteiger partial charge in [0.1, 0.15) is 12.0 Å². The molecule has 3 nitrogen and oxygen atoms in total. The van der Waals surface area contributed by atoms with Gasteiger partial charge in [-0.25, -0.2) is 0 Å². The van der Waals surface area contributed by atoms with Crippen LogP contribution in [0.5, 0.6) is 5.75 Å². The van der Waals surface area contributed by atoms with E-state index >= 15 is 0 Å². The van der Waals surface area contributed by atoms with Gasteiger partial charge in [-0.15, -0.1) is 0 Å². The molecule has 1 heterocycles. The maximum atomic E-state index is 11.5. The van der Waals surface area contributed by atoms with Crippen LogP contribution in [-0.4, -0.2) is 38.4 Å². The number of carbonyl (C=O) groups is 1. The number of benzene rings is 1. The van der Waals surface area contributed by atoms with E-state index in [0.717, 1.165) is 37.1 Å². The minimum Gasteiger partial charge on any atom is -0.496 e. The zero-order chi connectivity index (χ0) is 13.0. The molecule has 2 unspecified atom stereocenters. The van der Waals surface area contributed by atoms with E-state index in [1.165, 1.54) is 6.42 Å². The van der Waals surface area contributed by atoms with Gasteiger partial charge in [0.2, 0.25) is 0 Å². The van der Waals surface area contributed by atoms with Gasteiger partial charge in [0.05, 0.1) is 7.11 Å². The van der Waals surface area contributed by atoms with Gasteiger partial charge < -0.3 is 14.4 Å². The van der Waals surface area contributed by atoms with Crippen LogP contribution in [0.15, 0.2) is 24.3 Å². The quantitative estimate of drug-likeness (QED) is 0.765. The first kappa shape index (κ1) is 13.1. The topological polar surface area (TPSA) is 29.5 Å². The van der Waals surface area contributed by atoms with Crippen LogP contribution in [0.25, 0.3) is 0 Å². The molecule has 0 aliphatic carbocycles. The summed E-state index contributed by atoms with van der Waals surface area (Å²) in [7, 11) is 3.78. The third-order valence-corrected chi connectivity index (χ3v) is 3.81. The lowest BCUT2D eigenvalue weighted by atomic mass is 9.81. The van der Waals surface area contributed by atoms with Crippen LogP contribution in [0.1, 0.15) is 24.3 Å². The number of ether oxygens (including phenoxy) is 1. The SMILES string of the molecule is COc1ccccc1C(C=O)C1CCCN(C)C1. The average Bonchev–Trinajstić information content (AvgIpc) is 2.40. The molecular formula is C15H21NO2. The molecule has 3 heteroatoms. The second-order valence-electron chi connectivity index (χ2n) is 5.07. The first-order chi connectivity index (χ1) is 8.76. The van der Waals surface area contributed by atoms with Crippen LogP contribution in [0.3, 0.4) is 0 Å². The van der Waals surface area contributed by atoms with E-state index in [1.807, 2.05) is 24.3 Å². The van der Waals surface area contributed by atoms with Crippen molar-refractivity contribution >= 4 is 6.29 Å². The maximum Gasteiger partial charge on any atom is 0.127 e. The molecule has 1 saturated heterocycles. The third-order valence-electron chi connectivity index (χ3n) is 3.81. The van der Waals surface area contributed by atoms with Crippen LogP contribution >= 0.6 is 0 Å². The van der Waals surface area contributed by atoms with Gasteiger partial charge in [-0.05, 0) is 38.4 Å². The van der Waals surface area contributed by atoms with Crippen LogP contribution in [0.2, 0.25) is 0 Å². The lowest BCUT2D eigenvalue weighted by Crippen LogP contribution is -2.35. The number of methoxy groups -OCH3 is 1. The fraction of sp³-hybridized carbons (Fsp3) is 0.533. The molecule has 1 fully saturated rings. The van der Waals surface area contributed by atoms with Crippen LogP contribution in [0, 0.1) is 5.92 Å². The van der Waals surface area contributed by atoms with Gasteiger partial charge in [-0.3, -0.25) is 0 Å². The largest absolute Gasteiger partial charge is 0.496 e. The van der Waals surface area contributed by atoms with Crippen molar-refractivity contribution in [2.24, 2.45) is 5.92 Å². The number of piperidine rings is 1. The average molecular weight is 247 g/mol. The standard InChI is InChI=1S/C15H21NO2/c1-16-9-5-6-12(10-16)14(11-17)13-7-3-4-8-15(13)18-2/h3-4,7-8,11-12,14H,5-6,9-10H2,1-2H3. The summed E-state index contributed by atoms with van der Waals surface area (Å²) in [6, 6.07) is 7.85. The van der Waals surface area contributed by atoms with Crippen molar-refractivity contribution in [1.82, 2.24) is 4.90 Å².